The number of nitrogens with zero attached hydrogens (tertiary/aromatic N) is 5. The minimum absolute atomic E-state index is 0.180. The van der Waals surface area contributed by atoms with Crippen LogP contribution in [0.3, 0.4) is 0 Å². The van der Waals surface area contributed by atoms with Crippen molar-refractivity contribution in [2.24, 2.45) is 7.05 Å². The number of anilines is 2. The second-order valence-electron chi connectivity index (χ2n) is 9.80. The maximum absolute atomic E-state index is 6.61. The molecule has 0 unspecified atom stereocenters. The van der Waals surface area contributed by atoms with E-state index in [1.54, 1.807) is 22.2 Å². The second-order valence-corrected chi connectivity index (χ2v) is 10.9. The van der Waals surface area contributed by atoms with Crippen LogP contribution >= 0.6 is 11.3 Å². The lowest BCUT2D eigenvalue weighted by atomic mass is 9.92. The van der Waals surface area contributed by atoms with Crippen molar-refractivity contribution in [2.45, 2.75) is 70.3 Å². The molecule has 5 rings (SSSR count). The zero-order valence-corrected chi connectivity index (χ0v) is 20.3. The summed E-state index contributed by atoms with van der Waals surface area (Å²) in [7, 11) is 6.22. The Bertz CT molecular complexity index is 1110. The average molecular weight is 457 g/mol. The van der Waals surface area contributed by atoms with E-state index in [1.807, 2.05) is 13.2 Å². The number of aryl methyl sites for hydroxylation is 1. The van der Waals surface area contributed by atoms with Crippen molar-refractivity contribution in [3.05, 3.63) is 22.8 Å². The van der Waals surface area contributed by atoms with E-state index in [0.717, 1.165) is 48.0 Å². The molecular weight excluding hydrogens is 424 g/mol. The van der Waals surface area contributed by atoms with Gasteiger partial charge in [0, 0.05) is 30.6 Å². The second kappa shape index (κ2) is 8.28. The Morgan fingerprint density at radius 3 is 2.69 bits per heavy atom. The number of hydrogen-bond donors (Lipinski definition) is 1. The van der Waals surface area contributed by atoms with Gasteiger partial charge in [0.2, 0.25) is 11.8 Å². The Hall–Kier alpha value is -2.23. The molecule has 8 nitrogen and oxygen atoms in total. The molecule has 172 valence electrons. The quantitative estimate of drug-likeness (QED) is 0.614. The van der Waals surface area contributed by atoms with Crippen LogP contribution in [0.15, 0.2) is 12.4 Å². The van der Waals surface area contributed by atoms with E-state index in [-0.39, 0.29) is 11.7 Å². The molecule has 1 saturated carbocycles. The first kappa shape index (κ1) is 21.6. The summed E-state index contributed by atoms with van der Waals surface area (Å²) in [6.07, 6.45) is 9.08. The molecule has 32 heavy (non-hydrogen) atoms. The van der Waals surface area contributed by atoms with Gasteiger partial charge in [0.15, 0.2) is 0 Å². The first-order valence-corrected chi connectivity index (χ1v) is 12.1. The van der Waals surface area contributed by atoms with Crippen LogP contribution in [0.2, 0.25) is 0 Å². The molecule has 1 N–H and O–H groups in total. The van der Waals surface area contributed by atoms with E-state index in [0.29, 0.717) is 24.5 Å². The number of thiophene rings is 1. The van der Waals surface area contributed by atoms with E-state index in [2.05, 4.69) is 43.3 Å². The van der Waals surface area contributed by atoms with E-state index < -0.39 is 0 Å². The summed E-state index contributed by atoms with van der Waals surface area (Å²) >= 11 is 1.69. The molecule has 0 atom stereocenters. The van der Waals surface area contributed by atoms with Gasteiger partial charge in [0.1, 0.15) is 10.9 Å². The highest BCUT2D eigenvalue weighted by Crippen LogP contribution is 2.43. The van der Waals surface area contributed by atoms with Gasteiger partial charge in [-0.3, -0.25) is 4.68 Å². The minimum Gasteiger partial charge on any atom is -0.474 e. The third kappa shape index (κ3) is 4.33. The lowest BCUT2D eigenvalue weighted by Gasteiger charge is -2.33. The topological polar surface area (TPSA) is 77.3 Å². The maximum Gasteiger partial charge on any atom is 0.232 e. The summed E-state index contributed by atoms with van der Waals surface area (Å²) in [6, 6.07) is 0.634. The van der Waals surface area contributed by atoms with Crippen LogP contribution in [0.5, 0.6) is 5.88 Å². The number of nitrogens with one attached hydrogen (secondary N) is 1. The van der Waals surface area contributed by atoms with Gasteiger partial charge in [-0.1, -0.05) is 0 Å². The van der Waals surface area contributed by atoms with Gasteiger partial charge in [-0.25, -0.2) is 4.98 Å². The summed E-state index contributed by atoms with van der Waals surface area (Å²) in [5.41, 5.74) is 1.94. The molecule has 0 amide bonds. The summed E-state index contributed by atoms with van der Waals surface area (Å²) in [4.78, 5) is 14.2. The van der Waals surface area contributed by atoms with Crippen LogP contribution < -0.4 is 10.1 Å². The van der Waals surface area contributed by atoms with Crippen molar-refractivity contribution >= 4 is 33.2 Å². The molecule has 0 bridgehead atoms. The lowest BCUT2D eigenvalue weighted by Crippen LogP contribution is -2.35. The molecule has 3 aromatic rings. The molecule has 3 aromatic heterocycles. The van der Waals surface area contributed by atoms with Gasteiger partial charge < -0.3 is 19.7 Å². The number of ether oxygens (including phenoxy) is 2. The van der Waals surface area contributed by atoms with Gasteiger partial charge in [-0.15, -0.1) is 11.3 Å². The number of fused-ring (bicyclic) bond motifs is 3. The predicted molar refractivity (Wildman–Crippen MR) is 127 cm³/mol. The molecule has 0 saturated heterocycles. The van der Waals surface area contributed by atoms with E-state index in [4.69, 9.17) is 19.4 Å². The smallest absolute Gasteiger partial charge is 0.232 e. The summed E-state index contributed by atoms with van der Waals surface area (Å²) < 4.78 is 14.4. The van der Waals surface area contributed by atoms with Crippen LogP contribution in [-0.4, -0.2) is 56.5 Å². The Morgan fingerprint density at radius 2 is 2.00 bits per heavy atom. The fraction of sp³-hybridized carbons (Fsp3) is 0.609. The summed E-state index contributed by atoms with van der Waals surface area (Å²) in [6.45, 7) is 4.89. The highest BCUT2D eigenvalue weighted by atomic mass is 32.1. The number of aromatic nitrogens is 4. The zero-order chi connectivity index (χ0) is 22.5. The van der Waals surface area contributed by atoms with Crippen molar-refractivity contribution in [3.8, 4) is 5.88 Å². The minimum atomic E-state index is -0.200. The van der Waals surface area contributed by atoms with Crippen molar-refractivity contribution in [3.63, 3.8) is 0 Å². The molecule has 1 aliphatic heterocycles. The monoisotopic (exact) mass is 456 g/mol. The zero-order valence-electron chi connectivity index (χ0n) is 19.5. The first-order valence-electron chi connectivity index (χ1n) is 11.3. The van der Waals surface area contributed by atoms with Crippen molar-refractivity contribution in [1.29, 1.82) is 0 Å². The molecule has 2 aliphatic rings. The van der Waals surface area contributed by atoms with Crippen molar-refractivity contribution in [2.75, 3.05) is 19.4 Å². The van der Waals surface area contributed by atoms with Gasteiger partial charge in [-0.2, -0.15) is 10.1 Å². The highest BCUT2D eigenvalue weighted by Gasteiger charge is 2.32. The SMILES string of the molecule is Cn1cc(Nc2nc(O[C@H]3CC[C@H](N(C)C)CC3)c3c4c(sc3n2)COC(C)(C)C4)cn1. The van der Waals surface area contributed by atoms with E-state index in [1.165, 1.54) is 10.4 Å². The standard InChI is InChI=1S/C23H32N6O2S/c1-23(2)10-17-18(13-30-23)32-21-19(17)20(31-16-8-6-15(7-9-16)28(3)4)26-22(27-21)25-14-11-24-29(5)12-14/h11-12,15-16H,6-10,13H2,1-5H3,(H,25,26,27)/t15-,16-. The Morgan fingerprint density at radius 1 is 1.22 bits per heavy atom. The van der Waals surface area contributed by atoms with Crippen LogP contribution in [0, 0.1) is 0 Å². The normalized spacial score (nSPS) is 22.8. The van der Waals surface area contributed by atoms with Crippen LogP contribution in [0.4, 0.5) is 11.6 Å². The Balaban J connectivity index is 1.50. The third-order valence-electron chi connectivity index (χ3n) is 6.51. The molecule has 0 spiro atoms. The van der Waals surface area contributed by atoms with Crippen molar-refractivity contribution in [1.82, 2.24) is 24.6 Å². The van der Waals surface area contributed by atoms with Gasteiger partial charge >= 0.3 is 0 Å². The molecule has 1 aliphatic carbocycles. The predicted octanol–water partition coefficient (Wildman–Crippen LogP) is 4.27. The molecule has 4 heterocycles. The Labute approximate surface area is 192 Å². The molecule has 0 radical (unpaired) electrons. The summed E-state index contributed by atoms with van der Waals surface area (Å²) in [5, 5.41) is 8.59. The van der Waals surface area contributed by atoms with Crippen LogP contribution in [0.1, 0.15) is 50.0 Å². The molecular formula is C23H32N6O2S. The van der Waals surface area contributed by atoms with Crippen molar-refractivity contribution < 1.29 is 9.47 Å². The van der Waals surface area contributed by atoms with Gasteiger partial charge in [0.05, 0.1) is 29.5 Å². The lowest BCUT2D eigenvalue weighted by molar-refractivity contribution is -0.0379. The molecule has 1 fully saturated rings. The average Bonchev–Trinajstić information content (AvgIpc) is 3.30. The fourth-order valence-electron chi connectivity index (χ4n) is 4.70. The van der Waals surface area contributed by atoms with Gasteiger partial charge in [-0.05, 0) is 59.2 Å². The molecule has 9 heteroatoms. The van der Waals surface area contributed by atoms with Gasteiger partial charge in [0.25, 0.3) is 0 Å². The van der Waals surface area contributed by atoms with Crippen LogP contribution in [0.25, 0.3) is 10.2 Å². The Kier molecular flexibility index (Phi) is 5.59. The van der Waals surface area contributed by atoms with E-state index >= 15 is 0 Å². The maximum atomic E-state index is 6.61. The number of rotatable bonds is 5. The molecule has 0 aromatic carbocycles. The first-order chi connectivity index (χ1) is 15.3. The third-order valence-corrected chi connectivity index (χ3v) is 7.61. The highest BCUT2D eigenvalue weighted by molar-refractivity contribution is 7.18. The number of hydrogen-bond acceptors (Lipinski definition) is 8. The van der Waals surface area contributed by atoms with E-state index in [9.17, 15) is 0 Å². The van der Waals surface area contributed by atoms with Crippen LogP contribution in [-0.2, 0) is 24.8 Å². The largest absolute Gasteiger partial charge is 0.474 e. The fourth-order valence-corrected chi connectivity index (χ4v) is 5.80. The summed E-state index contributed by atoms with van der Waals surface area (Å²) in [5.74, 6) is 1.24.